The molecule has 0 aliphatic carbocycles. The highest BCUT2D eigenvalue weighted by atomic mass is 32.1. The minimum absolute atomic E-state index is 0.108. The number of carbonyl (C=O) groups excluding carboxylic acids is 1. The number of amides is 1. The zero-order chi connectivity index (χ0) is 23.4. The van der Waals surface area contributed by atoms with Gasteiger partial charge in [-0.1, -0.05) is 43.3 Å². The van der Waals surface area contributed by atoms with Crippen molar-refractivity contribution in [3.63, 3.8) is 0 Å². The van der Waals surface area contributed by atoms with Crippen LogP contribution in [0.25, 0.3) is 6.08 Å². The van der Waals surface area contributed by atoms with Crippen LogP contribution in [0.4, 0.5) is 10.1 Å². The van der Waals surface area contributed by atoms with Crippen molar-refractivity contribution in [2.24, 2.45) is 0 Å². The Morgan fingerprint density at radius 3 is 2.55 bits per heavy atom. The zero-order valence-corrected chi connectivity index (χ0v) is 19.1. The number of hydrogen-bond donors (Lipinski definition) is 1. The molecule has 7 heteroatoms. The lowest BCUT2D eigenvalue weighted by Gasteiger charge is -2.17. The molecular weight excluding hydrogens is 439 g/mol. The molecule has 0 bridgehead atoms. The smallest absolute Gasteiger partial charge is 0.281 e. The number of para-hydroxylation sites is 2. The summed E-state index contributed by atoms with van der Waals surface area (Å²) >= 11 is 5.45. The van der Waals surface area contributed by atoms with Crippen molar-refractivity contribution in [1.29, 1.82) is 0 Å². The molecule has 0 saturated carbocycles. The maximum Gasteiger partial charge on any atom is 0.281 e. The number of thiocarbonyl (C=S) groups is 1. The number of aryl methyl sites for hydroxylation is 1. The number of carbonyl (C=O) groups is 1. The second kappa shape index (κ2) is 9.83. The molecule has 0 radical (unpaired) electrons. The number of ether oxygens (including phenoxy) is 2. The lowest BCUT2D eigenvalue weighted by atomic mass is 10.1. The van der Waals surface area contributed by atoms with Gasteiger partial charge in [0.1, 0.15) is 18.1 Å². The second-order valence-electron chi connectivity index (χ2n) is 7.40. The fraction of sp³-hybridized carbons (Fsp3) is 0.154. The van der Waals surface area contributed by atoms with Crippen LogP contribution in [0.3, 0.4) is 0 Å². The van der Waals surface area contributed by atoms with Crippen molar-refractivity contribution in [3.8, 4) is 11.5 Å². The van der Waals surface area contributed by atoms with Gasteiger partial charge in [0.25, 0.3) is 5.91 Å². The number of anilines is 1. The Labute approximate surface area is 197 Å². The van der Waals surface area contributed by atoms with Gasteiger partial charge in [0.05, 0.1) is 12.8 Å². The van der Waals surface area contributed by atoms with Gasteiger partial charge in [-0.25, -0.2) is 4.39 Å². The minimum Gasteiger partial charge on any atom is -0.496 e. The molecule has 1 fully saturated rings. The number of nitrogens with one attached hydrogen (secondary N) is 1. The van der Waals surface area contributed by atoms with Crippen molar-refractivity contribution >= 4 is 35.0 Å². The fourth-order valence-corrected chi connectivity index (χ4v) is 3.96. The van der Waals surface area contributed by atoms with Crippen molar-refractivity contribution in [3.05, 3.63) is 94.9 Å². The normalized spacial score (nSPS) is 14.5. The lowest BCUT2D eigenvalue weighted by molar-refractivity contribution is -0.113. The molecule has 0 atom stereocenters. The molecule has 168 valence electrons. The topological polar surface area (TPSA) is 50.8 Å². The first-order valence-electron chi connectivity index (χ1n) is 10.5. The monoisotopic (exact) mass is 462 g/mol. The van der Waals surface area contributed by atoms with Crippen LogP contribution in [-0.4, -0.2) is 18.1 Å². The van der Waals surface area contributed by atoms with E-state index in [0.29, 0.717) is 16.6 Å². The molecule has 1 N–H and O–H groups in total. The van der Waals surface area contributed by atoms with Crippen molar-refractivity contribution < 1.29 is 18.7 Å². The number of rotatable bonds is 7. The maximum atomic E-state index is 13.9. The number of benzene rings is 3. The van der Waals surface area contributed by atoms with E-state index in [0.717, 1.165) is 28.8 Å². The van der Waals surface area contributed by atoms with Gasteiger partial charge < -0.3 is 14.8 Å². The molecule has 5 nitrogen and oxygen atoms in total. The molecule has 33 heavy (non-hydrogen) atoms. The van der Waals surface area contributed by atoms with Crippen LogP contribution < -0.4 is 19.7 Å². The maximum absolute atomic E-state index is 13.9. The summed E-state index contributed by atoms with van der Waals surface area (Å²) in [5.41, 5.74) is 3.66. The van der Waals surface area contributed by atoms with E-state index >= 15 is 0 Å². The number of hydrogen-bond acceptors (Lipinski definition) is 4. The van der Waals surface area contributed by atoms with E-state index in [1.807, 2.05) is 43.3 Å². The predicted molar refractivity (Wildman–Crippen MR) is 131 cm³/mol. The van der Waals surface area contributed by atoms with Crippen LogP contribution >= 0.6 is 12.2 Å². The molecule has 1 aliphatic rings. The third kappa shape index (κ3) is 4.73. The van der Waals surface area contributed by atoms with Crippen molar-refractivity contribution in [1.82, 2.24) is 5.32 Å². The predicted octanol–water partition coefficient (Wildman–Crippen LogP) is 5.24. The molecule has 0 unspecified atom stereocenters. The molecule has 1 heterocycles. The van der Waals surface area contributed by atoms with Gasteiger partial charge in [0, 0.05) is 5.56 Å². The number of nitrogens with zero attached hydrogens (tertiary/aromatic N) is 1. The van der Waals surface area contributed by atoms with Gasteiger partial charge in [0.2, 0.25) is 0 Å². The summed E-state index contributed by atoms with van der Waals surface area (Å²) in [6.07, 6.45) is 2.51. The van der Waals surface area contributed by atoms with Crippen LogP contribution in [-0.2, 0) is 17.8 Å². The standard InChI is InChI=1S/C26H23FN2O3S/c1-3-18-8-4-6-10-22(18)29-25(30)21(28-26(29)33)15-17-12-13-23(31-2)19(14-17)16-32-24-11-7-5-9-20(24)27/h4-15H,3,16H2,1-2H3,(H,28,33)/b21-15+. The van der Waals surface area contributed by atoms with Crippen LogP contribution in [0, 0.1) is 5.82 Å². The summed E-state index contributed by atoms with van der Waals surface area (Å²) in [7, 11) is 1.56. The Kier molecular flexibility index (Phi) is 6.70. The third-order valence-corrected chi connectivity index (χ3v) is 5.61. The van der Waals surface area contributed by atoms with Crippen molar-refractivity contribution in [2.45, 2.75) is 20.0 Å². The van der Waals surface area contributed by atoms with E-state index in [-0.39, 0.29) is 18.3 Å². The molecule has 1 aliphatic heterocycles. The van der Waals surface area contributed by atoms with Crippen LogP contribution in [0.15, 0.2) is 72.4 Å². The Bertz CT molecular complexity index is 1240. The van der Waals surface area contributed by atoms with E-state index in [2.05, 4.69) is 5.32 Å². The first-order valence-corrected chi connectivity index (χ1v) is 10.9. The van der Waals surface area contributed by atoms with Gasteiger partial charge >= 0.3 is 0 Å². The lowest BCUT2D eigenvalue weighted by Crippen LogP contribution is -2.31. The Morgan fingerprint density at radius 1 is 1.03 bits per heavy atom. The third-order valence-electron chi connectivity index (χ3n) is 5.33. The first kappa shape index (κ1) is 22.5. The van der Waals surface area contributed by atoms with E-state index in [4.69, 9.17) is 21.7 Å². The van der Waals surface area contributed by atoms with Gasteiger partial charge in [-0.2, -0.15) is 0 Å². The number of halogens is 1. The van der Waals surface area contributed by atoms with Crippen molar-refractivity contribution in [2.75, 3.05) is 12.0 Å². The molecule has 3 aromatic rings. The summed E-state index contributed by atoms with van der Waals surface area (Å²) < 4.78 is 25.0. The molecule has 0 spiro atoms. The SMILES string of the molecule is CCc1ccccc1N1C(=O)/C(=C\c2ccc(OC)c(COc3ccccc3F)c2)NC1=S. The summed E-state index contributed by atoms with van der Waals surface area (Å²) in [5, 5.41) is 3.36. The molecule has 0 aromatic heterocycles. The summed E-state index contributed by atoms with van der Waals surface area (Å²) in [5.74, 6) is 0.108. The highest BCUT2D eigenvalue weighted by molar-refractivity contribution is 7.80. The molecule has 4 rings (SSSR count). The zero-order valence-electron chi connectivity index (χ0n) is 18.3. The van der Waals surface area contributed by atoms with Gasteiger partial charge in [-0.3, -0.25) is 9.69 Å². The summed E-state index contributed by atoms with van der Waals surface area (Å²) in [6, 6.07) is 19.4. The molecule has 3 aromatic carbocycles. The highest BCUT2D eigenvalue weighted by Crippen LogP contribution is 2.28. The quantitative estimate of drug-likeness (QED) is 0.385. The largest absolute Gasteiger partial charge is 0.496 e. The van der Waals surface area contributed by atoms with E-state index in [9.17, 15) is 9.18 Å². The average molecular weight is 463 g/mol. The van der Waals surface area contributed by atoms with Crippen LogP contribution in [0.2, 0.25) is 0 Å². The van der Waals surface area contributed by atoms with E-state index in [1.165, 1.54) is 11.0 Å². The molecule has 1 amide bonds. The Morgan fingerprint density at radius 2 is 1.79 bits per heavy atom. The minimum atomic E-state index is -0.434. The highest BCUT2D eigenvalue weighted by Gasteiger charge is 2.33. The summed E-state index contributed by atoms with van der Waals surface area (Å²) in [4.78, 5) is 14.7. The first-order chi connectivity index (χ1) is 16.0. The number of methoxy groups -OCH3 is 1. The van der Waals surface area contributed by atoms with Gasteiger partial charge in [0.15, 0.2) is 16.7 Å². The fourth-order valence-electron chi connectivity index (χ4n) is 3.67. The Hall–Kier alpha value is -3.71. The van der Waals surface area contributed by atoms with Crippen LogP contribution in [0.5, 0.6) is 11.5 Å². The molecule has 1 saturated heterocycles. The summed E-state index contributed by atoms with van der Waals surface area (Å²) in [6.45, 7) is 2.14. The van der Waals surface area contributed by atoms with Gasteiger partial charge in [-0.05, 0) is 66.2 Å². The average Bonchev–Trinajstić information content (AvgIpc) is 3.11. The van der Waals surface area contributed by atoms with E-state index < -0.39 is 5.82 Å². The Balaban J connectivity index is 1.60. The van der Waals surface area contributed by atoms with Gasteiger partial charge in [-0.15, -0.1) is 0 Å². The molecular formula is C26H23FN2O3S. The van der Waals surface area contributed by atoms with E-state index in [1.54, 1.807) is 37.5 Å². The second-order valence-corrected chi connectivity index (χ2v) is 7.79. The van der Waals surface area contributed by atoms with Crippen LogP contribution in [0.1, 0.15) is 23.6 Å².